The highest BCUT2D eigenvalue weighted by molar-refractivity contribution is 5.93. The Morgan fingerprint density at radius 1 is 1.16 bits per heavy atom. The number of hydrogen-bond acceptors (Lipinski definition) is 6. The molecule has 4 aromatic rings. The number of pyridine rings is 1. The molecule has 188 valence electrons. The van der Waals surface area contributed by atoms with Gasteiger partial charge in [0.25, 0.3) is 0 Å². The second kappa shape index (κ2) is 8.76. The number of aryl methyl sites for hydroxylation is 1. The number of aromatic amines is 1. The molecular formula is C28H28N6O3. The molecule has 0 radical (unpaired) electrons. The summed E-state index contributed by atoms with van der Waals surface area (Å²) in [6, 6.07) is 10.4. The Bertz CT molecular complexity index is 1500. The van der Waals surface area contributed by atoms with Gasteiger partial charge >= 0.3 is 0 Å². The Balaban J connectivity index is 1.12. The Kier molecular flexibility index (Phi) is 5.23. The smallest absolute Gasteiger partial charge is 0.225 e. The summed E-state index contributed by atoms with van der Waals surface area (Å²) in [7, 11) is 0. The van der Waals surface area contributed by atoms with E-state index in [9.17, 15) is 4.79 Å². The van der Waals surface area contributed by atoms with Crippen LogP contribution in [0, 0.1) is 0 Å². The van der Waals surface area contributed by atoms with E-state index in [1.54, 1.807) is 6.20 Å². The van der Waals surface area contributed by atoms with Crippen molar-refractivity contribution in [3.8, 4) is 28.6 Å². The van der Waals surface area contributed by atoms with E-state index in [-0.39, 0.29) is 11.8 Å². The zero-order chi connectivity index (χ0) is 24.9. The van der Waals surface area contributed by atoms with Crippen molar-refractivity contribution in [2.24, 2.45) is 0 Å². The van der Waals surface area contributed by atoms with Gasteiger partial charge in [0.1, 0.15) is 28.9 Å². The number of nitrogens with one attached hydrogen (secondary N) is 2. The van der Waals surface area contributed by atoms with E-state index in [1.807, 2.05) is 30.5 Å². The van der Waals surface area contributed by atoms with E-state index in [0.717, 1.165) is 58.4 Å². The minimum atomic E-state index is -0.0157. The Hall–Kier alpha value is -4.14. The van der Waals surface area contributed by atoms with Crippen LogP contribution in [0.15, 0.2) is 42.7 Å². The Labute approximate surface area is 214 Å². The number of aromatic nitrogens is 5. The molecule has 0 bridgehead atoms. The molecule has 2 N–H and O–H groups in total. The second-order valence-electron chi connectivity index (χ2n) is 10.0. The fourth-order valence-electron chi connectivity index (χ4n) is 5.18. The molecule has 7 rings (SSSR count). The fourth-order valence-corrected chi connectivity index (χ4v) is 5.18. The summed E-state index contributed by atoms with van der Waals surface area (Å²) in [5.74, 6) is 3.92. The van der Waals surface area contributed by atoms with Crippen LogP contribution in [-0.4, -0.2) is 37.2 Å². The van der Waals surface area contributed by atoms with Crippen molar-refractivity contribution in [1.82, 2.24) is 24.7 Å². The highest BCUT2D eigenvalue weighted by atomic mass is 16.5. The van der Waals surface area contributed by atoms with E-state index in [2.05, 4.69) is 33.0 Å². The van der Waals surface area contributed by atoms with E-state index in [0.29, 0.717) is 37.1 Å². The quantitative estimate of drug-likeness (QED) is 0.391. The lowest BCUT2D eigenvalue weighted by atomic mass is 9.96. The number of carbonyl (C=O) groups is 1. The third-order valence-electron chi connectivity index (χ3n) is 7.34. The molecule has 3 aromatic heterocycles. The van der Waals surface area contributed by atoms with Crippen LogP contribution < -0.4 is 14.8 Å². The van der Waals surface area contributed by atoms with Crippen LogP contribution in [0.2, 0.25) is 0 Å². The molecule has 1 fully saturated rings. The van der Waals surface area contributed by atoms with Gasteiger partial charge in [-0.1, -0.05) is 6.92 Å². The van der Waals surface area contributed by atoms with E-state index in [1.165, 1.54) is 12.8 Å². The van der Waals surface area contributed by atoms with Crippen LogP contribution >= 0.6 is 0 Å². The van der Waals surface area contributed by atoms with Crippen molar-refractivity contribution < 1.29 is 14.3 Å². The van der Waals surface area contributed by atoms with Crippen LogP contribution in [-0.2, 0) is 24.1 Å². The van der Waals surface area contributed by atoms with Crippen LogP contribution in [0.3, 0.4) is 0 Å². The minimum absolute atomic E-state index is 0.0157. The SMILES string of the molecule is CCc1cc(-c2cnc(C3COc4ccc(Oc5ccnc6c5CCC(=O)N6)cc4C3)[nH]2)n(C2CC2)n1. The lowest BCUT2D eigenvalue weighted by Crippen LogP contribution is -2.20. The van der Waals surface area contributed by atoms with Crippen LogP contribution in [0.4, 0.5) is 5.82 Å². The van der Waals surface area contributed by atoms with Gasteiger partial charge in [-0.2, -0.15) is 5.10 Å². The standard InChI is InChI=1S/C28H28N6O3/c1-2-18-13-23(34(33-18)19-3-4-19)22-14-30-27(31-22)17-11-16-12-20(5-7-24(16)36-15-17)37-25-9-10-29-28-21(25)6-8-26(35)32-28/h5,7,9-10,12-14,17,19H,2-4,6,8,11,15H2,1H3,(H,30,31)(H,29,32,35). The summed E-state index contributed by atoms with van der Waals surface area (Å²) in [6.07, 6.45) is 8.71. The third-order valence-corrected chi connectivity index (χ3v) is 7.34. The summed E-state index contributed by atoms with van der Waals surface area (Å²) >= 11 is 0. The summed E-state index contributed by atoms with van der Waals surface area (Å²) in [5, 5.41) is 7.62. The third kappa shape index (κ3) is 4.14. The van der Waals surface area contributed by atoms with Crippen LogP contribution in [0.25, 0.3) is 11.4 Å². The molecule has 3 aliphatic rings. The molecule has 1 atom stereocenters. The molecule has 5 heterocycles. The number of carbonyl (C=O) groups excluding carboxylic acids is 1. The maximum absolute atomic E-state index is 11.7. The number of fused-ring (bicyclic) bond motifs is 2. The molecule has 9 nitrogen and oxygen atoms in total. The first-order valence-electron chi connectivity index (χ1n) is 13.0. The molecule has 0 saturated heterocycles. The van der Waals surface area contributed by atoms with Gasteiger partial charge in [-0.15, -0.1) is 0 Å². The average Bonchev–Trinajstić information content (AvgIpc) is 3.48. The average molecular weight is 497 g/mol. The Morgan fingerprint density at radius 3 is 2.95 bits per heavy atom. The molecule has 37 heavy (non-hydrogen) atoms. The first-order chi connectivity index (χ1) is 18.1. The van der Waals surface area contributed by atoms with Crippen molar-refractivity contribution in [3.63, 3.8) is 0 Å². The predicted octanol–water partition coefficient (Wildman–Crippen LogP) is 4.96. The van der Waals surface area contributed by atoms with E-state index >= 15 is 0 Å². The molecule has 1 aromatic carbocycles. The number of benzene rings is 1. The van der Waals surface area contributed by atoms with Crippen molar-refractivity contribution >= 4 is 11.7 Å². The van der Waals surface area contributed by atoms with Crippen molar-refractivity contribution in [3.05, 3.63) is 65.4 Å². The minimum Gasteiger partial charge on any atom is -0.493 e. The first-order valence-corrected chi connectivity index (χ1v) is 13.0. The largest absolute Gasteiger partial charge is 0.493 e. The number of hydrogen-bond donors (Lipinski definition) is 2. The maximum atomic E-state index is 11.7. The monoisotopic (exact) mass is 496 g/mol. The zero-order valence-electron chi connectivity index (χ0n) is 20.7. The number of imidazole rings is 1. The van der Waals surface area contributed by atoms with E-state index in [4.69, 9.17) is 19.6 Å². The fraction of sp³-hybridized carbons (Fsp3) is 0.357. The highest BCUT2D eigenvalue weighted by Crippen LogP contribution is 2.40. The number of H-pyrrole nitrogens is 1. The molecule has 2 aliphatic heterocycles. The van der Waals surface area contributed by atoms with E-state index < -0.39 is 0 Å². The topological polar surface area (TPSA) is 107 Å². The molecule has 1 amide bonds. The molecule has 1 unspecified atom stereocenters. The normalized spacial score (nSPS) is 18.5. The number of ether oxygens (including phenoxy) is 2. The van der Waals surface area contributed by atoms with Gasteiger partial charge in [0.05, 0.1) is 41.8 Å². The highest BCUT2D eigenvalue weighted by Gasteiger charge is 2.29. The predicted molar refractivity (Wildman–Crippen MR) is 137 cm³/mol. The van der Waals surface area contributed by atoms with Crippen LogP contribution in [0.1, 0.15) is 60.8 Å². The first kappa shape index (κ1) is 22.1. The van der Waals surface area contributed by atoms with Crippen molar-refractivity contribution in [2.75, 3.05) is 11.9 Å². The van der Waals surface area contributed by atoms with Crippen molar-refractivity contribution in [1.29, 1.82) is 0 Å². The second-order valence-corrected chi connectivity index (χ2v) is 10.0. The van der Waals surface area contributed by atoms with Gasteiger partial charge in [-0.05, 0) is 68.0 Å². The van der Waals surface area contributed by atoms with Gasteiger partial charge in [0.15, 0.2) is 0 Å². The molecule has 9 heteroatoms. The maximum Gasteiger partial charge on any atom is 0.225 e. The van der Waals surface area contributed by atoms with Crippen LogP contribution in [0.5, 0.6) is 17.2 Å². The number of nitrogens with zero attached hydrogens (tertiary/aromatic N) is 4. The summed E-state index contributed by atoms with van der Waals surface area (Å²) in [4.78, 5) is 24.3. The summed E-state index contributed by atoms with van der Waals surface area (Å²) < 4.78 is 14.5. The Morgan fingerprint density at radius 2 is 2.08 bits per heavy atom. The molecular weight excluding hydrogens is 468 g/mol. The number of anilines is 1. The number of rotatable bonds is 6. The molecule has 0 spiro atoms. The van der Waals surface area contributed by atoms with Gasteiger partial charge in [-0.3, -0.25) is 9.48 Å². The lowest BCUT2D eigenvalue weighted by Gasteiger charge is -2.25. The van der Waals surface area contributed by atoms with Gasteiger partial charge < -0.3 is 19.8 Å². The van der Waals surface area contributed by atoms with Gasteiger partial charge in [0, 0.05) is 18.2 Å². The van der Waals surface area contributed by atoms with Crippen molar-refractivity contribution in [2.45, 2.75) is 57.4 Å². The van der Waals surface area contributed by atoms with Gasteiger partial charge in [0.2, 0.25) is 5.91 Å². The molecule has 1 aliphatic carbocycles. The molecule has 1 saturated carbocycles. The van der Waals surface area contributed by atoms with Gasteiger partial charge in [-0.25, -0.2) is 9.97 Å². The number of amides is 1. The summed E-state index contributed by atoms with van der Waals surface area (Å²) in [5.41, 5.74) is 5.24. The zero-order valence-corrected chi connectivity index (χ0v) is 20.7. The lowest BCUT2D eigenvalue weighted by molar-refractivity contribution is -0.116. The summed E-state index contributed by atoms with van der Waals surface area (Å²) in [6.45, 7) is 2.71.